The molecule has 146 valence electrons. The molecule has 0 unspecified atom stereocenters. The summed E-state index contributed by atoms with van der Waals surface area (Å²) >= 11 is 1.50. The molecule has 0 fully saturated rings. The van der Waals surface area contributed by atoms with Gasteiger partial charge < -0.3 is 5.32 Å². The van der Waals surface area contributed by atoms with E-state index in [9.17, 15) is 4.79 Å². The van der Waals surface area contributed by atoms with Gasteiger partial charge in [0.15, 0.2) is 5.16 Å². The predicted molar refractivity (Wildman–Crippen MR) is 112 cm³/mol. The lowest BCUT2D eigenvalue weighted by Gasteiger charge is -2.17. The first kappa shape index (κ1) is 20.1. The van der Waals surface area contributed by atoms with Crippen molar-refractivity contribution in [1.82, 2.24) is 19.7 Å². The third kappa shape index (κ3) is 4.78. The number of hydrogen-bond acceptors (Lipinski definition) is 5. The quantitative estimate of drug-likeness (QED) is 0.657. The van der Waals surface area contributed by atoms with Gasteiger partial charge >= 0.3 is 0 Å². The van der Waals surface area contributed by atoms with E-state index < -0.39 is 0 Å². The van der Waals surface area contributed by atoms with Crippen LogP contribution in [0.25, 0.3) is 0 Å². The summed E-state index contributed by atoms with van der Waals surface area (Å²) in [5, 5.41) is 8.14. The Morgan fingerprint density at radius 2 is 1.68 bits per heavy atom. The van der Waals surface area contributed by atoms with E-state index in [-0.39, 0.29) is 11.3 Å². The second-order valence-electron chi connectivity index (χ2n) is 7.83. The number of amides is 1. The lowest BCUT2D eigenvalue weighted by molar-refractivity contribution is 0.102. The van der Waals surface area contributed by atoms with Crippen LogP contribution in [0.15, 0.2) is 46.6 Å². The zero-order valence-corrected chi connectivity index (χ0v) is 17.9. The summed E-state index contributed by atoms with van der Waals surface area (Å²) in [5.41, 5.74) is 3.80. The molecule has 0 radical (unpaired) electrons. The molecule has 3 aromatic rings. The maximum atomic E-state index is 12.8. The number of nitrogens with one attached hydrogen (secondary N) is 1. The van der Waals surface area contributed by atoms with Gasteiger partial charge in [0.2, 0.25) is 0 Å². The highest BCUT2D eigenvalue weighted by Crippen LogP contribution is 2.27. The monoisotopic (exact) mass is 395 g/mol. The highest BCUT2D eigenvalue weighted by molar-refractivity contribution is 7.99. The molecule has 1 amide bonds. The topological polar surface area (TPSA) is 72.7 Å². The van der Waals surface area contributed by atoms with Crippen LogP contribution < -0.4 is 5.32 Å². The molecule has 3 rings (SSSR count). The number of carbonyl (C=O) groups excluding carboxylic acids is 1. The van der Waals surface area contributed by atoms with E-state index in [2.05, 4.69) is 20.4 Å². The fourth-order valence-electron chi connectivity index (χ4n) is 2.86. The molecule has 1 aromatic carbocycles. The SMILES string of the molecule is Cc1cc(C)nc(Sc2ccc(NC(=O)c3cn(C)nc3C(C)(C)C)cc2)n1. The lowest BCUT2D eigenvalue weighted by Crippen LogP contribution is -2.20. The molecule has 2 heterocycles. The minimum Gasteiger partial charge on any atom is -0.322 e. The van der Waals surface area contributed by atoms with Crippen molar-refractivity contribution in [2.45, 2.75) is 50.1 Å². The van der Waals surface area contributed by atoms with E-state index in [0.717, 1.165) is 32.8 Å². The Morgan fingerprint density at radius 3 is 2.25 bits per heavy atom. The fraction of sp³-hybridized carbons (Fsp3) is 0.333. The van der Waals surface area contributed by atoms with E-state index in [1.165, 1.54) is 11.8 Å². The van der Waals surface area contributed by atoms with Gasteiger partial charge in [0.25, 0.3) is 5.91 Å². The number of hydrogen-bond donors (Lipinski definition) is 1. The van der Waals surface area contributed by atoms with E-state index in [1.807, 2.05) is 72.0 Å². The van der Waals surface area contributed by atoms with Crippen LogP contribution in [0.5, 0.6) is 0 Å². The van der Waals surface area contributed by atoms with E-state index >= 15 is 0 Å². The maximum absolute atomic E-state index is 12.8. The van der Waals surface area contributed by atoms with Crippen molar-refractivity contribution in [3.05, 3.63) is 59.2 Å². The average molecular weight is 396 g/mol. The van der Waals surface area contributed by atoms with Gasteiger partial charge in [-0.1, -0.05) is 20.8 Å². The van der Waals surface area contributed by atoms with E-state index in [0.29, 0.717) is 5.56 Å². The molecule has 0 aliphatic rings. The summed E-state index contributed by atoms with van der Waals surface area (Å²) in [6.07, 6.45) is 1.76. The highest BCUT2D eigenvalue weighted by atomic mass is 32.2. The molecule has 2 aromatic heterocycles. The van der Waals surface area contributed by atoms with Crippen molar-refractivity contribution < 1.29 is 4.79 Å². The van der Waals surface area contributed by atoms with Gasteiger partial charge in [-0.05, 0) is 55.9 Å². The van der Waals surface area contributed by atoms with Crippen molar-refractivity contribution in [3.63, 3.8) is 0 Å². The van der Waals surface area contributed by atoms with Crippen LogP contribution in [0.2, 0.25) is 0 Å². The number of rotatable bonds is 4. The summed E-state index contributed by atoms with van der Waals surface area (Å²) < 4.78 is 1.68. The number of aryl methyl sites for hydroxylation is 3. The molecule has 0 saturated carbocycles. The van der Waals surface area contributed by atoms with Gasteiger partial charge in [-0.15, -0.1) is 0 Å². The second-order valence-corrected chi connectivity index (χ2v) is 8.87. The normalized spacial score (nSPS) is 11.5. The zero-order valence-electron chi connectivity index (χ0n) is 17.1. The van der Waals surface area contributed by atoms with Gasteiger partial charge in [-0.3, -0.25) is 9.48 Å². The first-order chi connectivity index (χ1) is 13.1. The van der Waals surface area contributed by atoms with Crippen molar-refractivity contribution in [2.75, 3.05) is 5.32 Å². The molecule has 0 saturated heterocycles. The minimum atomic E-state index is -0.208. The first-order valence-corrected chi connectivity index (χ1v) is 9.89. The predicted octanol–water partition coefficient (Wildman–Crippen LogP) is 4.53. The van der Waals surface area contributed by atoms with Gasteiger partial charge in [0, 0.05) is 40.6 Å². The molecule has 0 spiro atoms. The number of benzene rings is 1. The Balaban J connectivity index is 1.73. The first-order valence-electron chi connectivity index (χ1n) is 9.07. The van der Waals surface area contributed by atoms with Crippen LogP contribution in [0.3, 0.4) is 0 Å². The Bertz CT molecular complexity index is 982. The van der Waals surface area contributed by atoms with Crippen LogP contribution in [-0.2, 0) is 12.5 Å². The van der Waals surface area contributed by atoms with Crippen LogP contribution in [0.4, 0.5) is 5.69 Å². The van der Waals surface area contributed by atoms with E-state index in [1.54, 1.807) is 10.9 Å². The van der Waals surface area contributed by atoms with Crippen LogP contribution in [0, 0.1) is 13.8 Å². The molecule has 7 heteroatoms. The van der Waals surface area contributed by atoms with Gasteiger partial charge in [0.1, 0.15) is 0 Å². The third-order valence-corrected chi connectivity index (χ3v) is 4.94. The number of nitrogens with zero attached hydrogens (tertiary/aromatic N) is 4. The fourth-order valence-corrected chi connectivity index (χ4v) is 3.72. The summed E-state index contributed by atoms with van der Waals surface area (Å²) in [6.45, 7) is 10.1. The Hall–Kier alpha value is -2.67. The third-order valence-electron chi connectivity index (χ3n) is 4.07. The van der Waals surface area contributed by atoms with Crippen LogP contribution in [-0.4, -0.2) is 25.7 Å². The summed E-state index contributed by atoms with van der Waals surface area (Å²) in [4.78, 5) is 22.7. The van der Waals surface area contributed by atoms with Crippen molar-refractivity contribution >= 4 is 23.4 Å². The number of carbonyl (C=O) groups is 1. The van der Waals surface area contributed by atoms with Gasteiger partial charge in [0.05, 0.1) is 11.3 Å². The largest absolute Gasteiger partial charge is 0.322 e. The summed E-state index contributed by atoms with van der Waals surface area (Å²) in [5.74, 6) is -0.156. The standard InChI is InChI=1S/C21H25N5OS/c1-13-11-14(2)23-20(22-13)28-16-9-7-15(8-10-16)24-19(27)17-12-26(6)25-18(17)21(3,4)5/h7-12H,1-6H3,(H,24,27). The van der Waals surface area contributed by atoms with Crippen LogP contribution in [0.1, 0.15) is 48.2 Å². The molecule has 6 nitrogen and oxygen atoms in total. The molecule has 1 N–H and O–H groups in total. The van der Waals surface area contributed by atoms with Crippen LogP contribution >= 0.6 is 11.8 Å². The average Bonchev–Trinajstić information content (AvgIpc) is 2.98. The molecule has 0 aliphatic carbocycles. The van der Waals surface area contributed by atoms with Gasteiger partial charge in [-0.25, -0.2) is 9.97 Å². The number of aromatic nitrogens is 4. The Morgan fingerprint density at radius 1 is 1.07 bits per heavy atom. The molecule has 0 atom stereocenters. The molecule has 0 aliphatic heterocycles. The molecule has 0 bridgehead atoms. The molecule has 28 heavy (non-hydrogen) atoms. The van der Waals surface area contributed by atoms with E-state index in [4.69, 9.17) is 0 Å². The Labute approximate surface area is 169 Å². The van der Waals surface area contributed by atoms with Gasteiger partial charge in [-0.2, -0.15) is 5.10 Å². The summed E-state index contributed by atoms with van der Waals surface area (Å²) in [6, 6.07) is 9.63. The van der Waals surface area contributed by atoms with Crippen molar-refractivity contribution in [3.8, 4) is 0 Å². The van der Waals surface area contributed by atoms with Crippen molar-refractivity contribution in [2.24, 2.45) is 7.05 Å². The second kappa shape index (κ2) is 7.75. The summed E-state index contributed by atoms with van der Waals surface area (Å²) in [7, 11) is 1.83. The zero-order chi connectivity index (χ0) is 20.5. The van der Waals surface area contributed by atoms with Crippen molar-refractivity contribution in [1.29, 1.82) is 0 Å². The molecular formula is C21H25N5OS. The highest BCUT2D eigenvalue weighted by Gasteiger charge is 2.25. The molecular weight excluding hydrogens is 370 g/mol. The smallest absolute Gasteiger partial charge is 0.259 e. The minimum absolute atomic E-state index is 0.156. The lowest BCUT2D eigenvalue weighted by atomic mass is 9.89. The number of anilines is 1. The Kier molecular flexibility index (Phi) is 5.56. The maximum Gasteiger partial charge on any atom is 0.259 e.